The number of rotatable bonds is 6. The number of carbonyl (C=O) groups excluding carboxylic acids is 1. The standard InChI is InChI=1S/C15H17NO/c17-13-15-10-6-12-16(15)11-5-4-9-14-7-2-1-3-8-14/h1-3,6-8,10,12-13H,4-5,9,11H2. The summed E-state index contributed by atoms with van der Waals surface area (Å²) in [5.41, 5.74) is 2.15. The molecule has 0 aliphatic rings. The van der Waals surface area contributed by atoms with E-state index in [9.17, 15) is 4.79 Å². The van der Waals surface area contributed by atoms with E-state index in [4.69, 9.17) is 0 Å². The number of nitrogens with zero attached hydrogens (tertiary/aromatic N) is 1. The zero-order valence-corrected chi connectivity index (χ0v) is 9.88. The van der Waals surface area contributed by atoms with Crippen LogP contribution in [-0.4, -0.2) is 10.9 Å². The van der Waals surface area contributed by atoms with Crippen LogP contribution in [0.2, 0.25) is 0 Å². The van der Waals surface area contributed by atoms with Crippen molar-refractivity contribution in [2.45, 2.75) is 25.8 Å². The third-order valence-corrected chi connectivity index (χ3v) is 2.94. The lowest BCUT2D eigenvalue weighted by Crippen LogP contribution is -2.01. The lowest BCUT2D eigenvalue weighted by Gasteiger charge is -2.05. The zero-order chi connectivity index (χ0) is 11.9. The molecule has 0 aliphatic carbocycles. The van der Waals surface area contributed by atoms with E-state index in [0.717, 1.165) is 37.8 Å². The molecule has 0 N–H and O–H groups in total. The van der Waals surface area contributed by atoms with E-state index in [2.05, 4.69) is 24.3 Å². The van der Waals surface area contributed by atoms with Gasteiger partial charge < -0.3 is 4.57 Å². The van der Waals surface area contributed by atoms with Gasteiger partial charge in [-0.15, -0.1) is 0 Å². The van der Waals surface area contributed by atoms with Crippen LogP contribution in [0.1, 0.15) is 28.9 Å². The molecule has 0 aliphatic heterocycles. The van der Waals surface area contributed by atoms with Gasteiger partial charge in [0.15, 0.2) is 6.29 Å². The van der Waals surface area contributed by atoms with Crippen molar-refractivity contribution in [2.24, 2.45) is 0 Å². The van der Waals surface area contributed by atoms with E-state index in [1.807, 2.05) is 29.0 Å². The molecule has 0 spiro atoms. The van der Waals surface area contributed by atoms with Gasteiger partial charge >= 0.3 is 0 Å². The summed E-state index contributed by atoms with van der Waals surface area (Å²) in [6.07, 6.45) is 6.24. The Morgan fingerprint density at radius 1 is 1.00 bits per heavy atom. The molecular weight excluding hydrogens is 210 g/mol. The number of benzene rings is 1. The number of carbonyl (C=O) groups is 1. The molecule has 0 saturated carbocycles. The van der Waals surface area contributed by atoms with Crippen molar-refractivity contribution in [3.63, 3.8) is 0 Å². The molecule has 0 atom stereocenters. The van der Waals surface area contributed by atoms with E-state index in [-0.39, 0.29) is 0 Å². The van der Waals surface area contributed by atoms with Crippen LogP contribution in [0.4, 0.5) is 0 Å². The molecule has 0 bridgehead atoms. The van der Waals surface area contributed by atoms with Crippen molar-refractivity contribution in [1.82, 2.24) is 4.57 Å². The lowest BCUT2D eigenvalue weighted by molar-refractivity contribution is 0.111. The van der Waals surface area contributed by atoms with Crippen LogP contribution in [-0.2, 0) is 13.0 Å². The molecular formula is C15H17NO. The van der Waals surface area contributed by atoms with Gasteiger partial charge in [0.05, 0.1) is 5.69 Å². The van der Waals surface area contributed by atoms with Crippen molar-refractivity contribution >= 4 is 6.29 Å². The van der Waals surface area contributed by atoms with Crippen molar-refractivity contribution in [3.05, 3.63) is 59.9 Å². The van der Waals surface area contributed by atoms with Crippen molar-refractivity contribution in [2.75, 3.05) is 0 Å². The number of aromatic nitrogens is 1. The Kier molecular flexibility index (Phi) is 4.14. The molecule has 0 radical (unpaired) electrons. The fraction of sp³-hybridized carbons (Fsp3) is 0.267. The summed E-state index contributed by atoms with van der Waals surface area (Å²) in [6.45, 7) is 0.925. The average Bonchev–Trinajstić information content (AvgIpc) is 2.83. The number of aryl methyl sites for hydroxylation is 2. The van der Waals surface area contributed by atoms with Crippen LogP contribution in [0.3, 0.4) is 0 Å². The minimum atomic E-state index is 0.768. The first-order valence-corrected chi connectivity index (χ1v) is 6.04. The molecule has 0 fully saturated rings. The molecule has 2 heteroatoms. The summed E-state index contributed by atoms with van der Waals surface area (Å²) in [6, 6.07) is 14.3. The number of unbranched alkanes of at least 4 members (excludes halogenated alkanes) is 1. The molecule has 2 aromatic rings. The van der Waals surface area contributed by atoms with Gasteiger partial charge in [0.2, 0.25) is 0 Å². The summed E-state index contributed by atoms with van der Waals surface area (Å²) in [7, 11) is 0. The van der Waals surface area contributed by atoms with Crippen molar-refractivity contribution in [1.29, 1.82) is 0 Å². The summed E-state index contributed by atoms with van der Waals surface area (Å²) in [4.78, 5) is 10.7. The van der Waals surface area contributed by atoms with Crippen LogP contribution in [0.15, 0.2) is 48.7 Å². The largest absolute Gasteiger partial charge is 0.345 e. The highest BCUT2D eigenvalue weighted by molar-refractivity contribution is 5.72. The zero-order valence-electron chi connectivity index (χ0n) is 9.88. The highest BCUT2D eigenvalue weighted by Gasteiger charge is 1.98. The van der Waals surface area contributed by atoms with Gasteiger partial charge in [0, 0.05) is 12.7 Å². The first-order chi connectivity index (χ1) is 8.40. The van der Waals surface area contributed by atoms with Crippen LogP contribution in [0, 0.1) is 0 Å². The van der Waals surface area contributed by atoms with Crippen LogP contribution >= 0.6 is 0 Å². The Bertz CT molecular complexity index is 459. The predicted molar refractivity (Wildman–Crippen MR) is 69.2 cm³/mol. The monoisotopic (exact) mass is 227 g/mol. The topological polar surface area (TPSA) is 22.0 Å². The van der Waals surface area contributed by atoms with Gasteiger partial charge in [-0.1, -0.05) is 30.3 Å². The predicted octanol–water partition coefficient (Wildman–Crippen LogP) is 3.32. The molecule has 1 aromatic heterocycles. The number of aldehydes is 1. The second-order valence-corrected chi connectivity index (χ2v) is 4.19. The molecule has 0 unspecified atom stereocenters. The number of hydrogen-bond donors (Lipinski definition) is 0. The van der Waals surface area contributed by atoms with E-state index in [0.29, 0.717) is 0 Å². The Hall–Kier alpha value is -1.83. The SMILES string of the molecule is O=Cc1cccn1CCCCc1ccccc1. The van der Waals surface area contributed by atoms with E-state index >= 15 is 0 Å². The lowest BCUT2D eigenvalue weighted by atomic mass is 10.1. The van der Waals surface area contributed by atoms with Crippen molar-refractivity contribution in [3.8, 4) is 0 Å². The van der Waals surface area contributed by atoms with Crippen LogP contribution in [0.5, 0.6) is 0 Å². The highest BCUT2D eigenvalue weighted by atomic mass is 16.1. The summed E-state index contributed by atoms with van der Waals surface area (Å²) < 4.78 is 2.01. The normalized spacial score (nSPS) is 10.4. The minimum Gasteiger partial charge on any atom is -0.345 e. The van der Waals surface area contributed by atoms with Gasteiger partial charge in [-0.25, -0.2) is 0 Å². The molecule has 1 heterocycles. The molecule has 88 valence electrons. The fourth-order valence-corrected chi connectivity index (χ4v) is 1.99. The van der Waals surface area contributed by atoms with E-state index < -0.39 is 0 Å². The second-order valence-electron chi connectivity index (χ2n) is 4.19. The summed E-state index contributed by atoms with van der Waals surface area (Å²) >= 11 is 0. The Morgan fingerprint density at radius 2 is 1.82 bits per heavy atom. The minimum absolute atomic E-state index is 0.768. The van der Waals surface area contributed by atoms with E-state index in [1.165, 1.54) is 5.56 Å². The van der Waals surface area contributed by atoms with E-state index in [1.54, 1.807) is 0 Å². The molecule has 2 nitrogen and oxygen atoms in total. The maximum absolute atomic E-state index is 10.7. The Labute approximate surface area is 102 Å². The second kappa shape index (κ2) is 6.04. The summed E-state index contributed by atoms with van der Waals surface area (Å²) in [5, 5.41) is 0. The maximum Gasteiger partial charge on any atom is 0.166 e. The van der Waals surface area contributed by atoms with Crippen LogP contribution < -0.4 is 0 Å². The summed E-state index contributed by atoms with van der Waals surface area (Å²) in [5.74, 6) is 0. The van der Waals surface area contributed by atoms with Crippen molar-refractivity contribution < 1.29 is 4.79 Å². The highest BCUT2D eigenvalue weighted by Crippen LogP contribution is 2.07. The van der Waals surface area contributed by atoms with Gasteiger partial charge in [-0.3, -0.25) is 4.79 Å². The van der Waals surface area contributed by atoms with Gasteiger partial charge in [-0.05, 0) is 37.0 Å². The fourth-order valence-electron chi connectivity index (χ4n) is 1.99. The van der Waals surface area contributed by atoms with Gasteiger partial charge in [0.1, 0.15) is 0 Å². The molecule has 17 heavy (non-hydrogen) atoms. The number of hydrogen-bond acceptors (Lipinski definition) is 1. The molecule has 0 amide bonds. The quantitative estimate of drug-likeness (QED) is 0.548. The smallest absolute Gasteiger partial charge is 0.166 e. The molecule has 1 aromatic carbocycles. The first-order valence-electron chi connectivity index (χ1n) is 6.04. The molecule has 0 saturated heterocycles. The average molecular weight is 227 g/mol. The van der Waals surface area contributed by atoms with Crippen LogP contribution in [0.25, 0.3) is 0 Å². The Balaban J connectivity index is 1.75. The third-order valence-electron chi connectivity index (χ3n) is 2.94. The Morgan fingerprint density at radius 3 is 2.59 bits per heavy atom. The first kappa shape index (κ1) is 11.6. The third kappa shape index (κ3) is 3.31. The molecule has 2 rings (SSSR count). The van der Waals surface area contributed by atoms with Gasteiger partial charge in [-0.2, -0.15) is 0 Å². The maximum atomic E-state index is 10.7. The van der Waals surface area contributed by atoms with Gasteiger partial charge in [0.25, 0.3) is 0 Å².